The van der Waals surface area contributed by atoms with Gasteiger partial charge < -0.3 is 21.9 Å². The van der Waals surface area contributed by atoms with Gasteiger partial charge in [0.1, 0.15) is 5.75 Å². The minimum Gasteiger partial charge on any atom is -0.508 e. The van der Waals surface area contributed by atoms with Gasteiger partial charge in [0, 0.05) is 6.04 Å². The highest BCUT2D eigenvalue weighted by Gasteiger charge is 2.16. The Bertz CT molecular complexity index is 423. The Labute approximate surface area is 120 Å². The average molecular weight is 279 g/mol. The van der Waals surface area contributed by atoms with Gasteiger partial charge in [0.15, 0.2) is 0 Å². The van der Waals surface area contributed by atoms with E-state index in [1.54, 1.807) is 12.1 Å². The lowest BCUT2D eigenvalue weighted by molar-refractivity contribution is -0.123. The molecule has 0 saturated heterocycles. The zero-order chi connectivity index (χ0) is 15.0. The van der Waals surface area contributed by atoms with Gasteiger partial charge >= 0.3 is 0 Å². The molecule has 0 fully saturated rings. The highest BCUT2D eigenvalue weighted by molar-refractivity contribution is 5.81. The van der Waals surface area contributed by atoms with Crippen molar-refractivity contribution in [3.05, 3.63) is 29.8 Å². The van der Waals surface area contributed by atoms with Crippen LogP contribution in [0.1, 0.15) is 31.7 Å². The van der Waals surface area contributed by atoms with Crippen molar-refractivity contribution in [3.8, 4) is 5.75 Å². The van der Waals surface area contributed by atoms with E-state index < -0.39 is 6.04 Å². The summed E-state index contributed by atoms with van der Waals surface area (Å²) in [6.45, 7) is 2.52. The molecule has 5 nitrogen and oxygen atoms in total. The summed E-state index contributed by atoms with van der Waals surface area (Å²) in [4.78, 5) is 11.9. The molecule has 0 aromatic heterocycles. The van der Waals surface area contributed by atoms with E-state index in [0.29, 0.717) is 19.4 Å². The van der Waals surface area contributed by atoms with Crippen molar-refractivity contribution >= 4 is 5.91 Å². The van der Waals surface area contributed by atoms with Crippen molar-refractivity contribution in [1.82, 2.24) is 5.32 Å². The summed E-state index contributed by atoms with van der Waals surface area (Å²) in [5, 5.41) is 12.6. The van der Waals surface area contributed by atoms with Crippen molar-refractivity contribution in [2.75, 3.05) is 6.54 Å². The Kier molecular flexibility index (Phi) is 7.04. The number of rotatable bonds is 8. The summed E-state index contributed by atoms with van der Waals surface area (Å²) in [7, 11) is 0. The lowest BCUT2D eigenvalue weighted by atomic mass is 10.0. The smallest absolute Gasteiger partial charge is 0.237 e. The summed E-state index contributed by atoms with van der Waals surface area (Å²) >= 11 is 0. The SMILES string of the molecule is CC(Cc1ccccc1O)NC(=O)[C@@H](N)CCCCN. The third kappa shape index (κ3) is 5.59. The number of carbonyl (C=O) groups excluding carboxylic acids is 1. The molecule has 0 heterocycles. The second-order valence-corrected chi connectivity index (χ2v) is 5.13. The van der Waals surface area contributed by atoms with Gasteiger partial charge in [0.05, 0.1) is 6.04 Å². The molecule has 0 radical (unpaired) electrons. The predicted molar refractivity (Wildman–Crippen MR) is 80.3 cm³/mol. The Morgan fingerprint density at radius 1 is 1.35 bits per heavy atom. The highest BCUT2D eigenvalue weighted by Crippen LogP contribution is 2.17. The molecule has 5 heteroatoms. The molecule has 2 atom stereocenters. The topological polar surface area (TPSA) is 101 Å². The molecule has 0 aliphatic rings. The standard InChI is InChI=1S/C15H25N3O2/c1-11(10-12-6-2-3-8-14(12)19)18-15(20)13(17)7-4-5-9-16/h2-3,6,8,11,13,19H,4-5,7,9-10,16-17H2,1H3,(H,18,20)/t11?,13-/m0/s1. The van der Waals surface area contributed by atoms with Gasteiger partial charge in [-0.15, -0.1) is 0 Å². The molecule has 0 aliphatic heterocycles. The minimum absolute atomic E-state index is 0.0728. The average Bonchev–Trinajstić information content (AvgIpc) is 2.41. The van der Waals surface area contributed by atoms with Crippen molar-refractivity contribution in [3.63, 3.8) is 0 Å². The second kappa shape index (κ2) is 8.55. The second-order valence-electron chi connectivity index (χ2n) is 5.13. The van der Waals surface area contributed by atoms with Crippen LogP contribution in [0.15, 0.2) is 24.3 Å². The number of para-hydroxylation sites is 1. The molecule has 20 heavy (non-hydrogen) atoms. The van der Waals surface area contributed by atoms with Crippen molar-refractivity contribution < 1.29 is 9.90 Å². The van der Waals surface area contributed by atoms with Gasteiger partial charge in [-0.2, -0.15) is 0 Å². The predicted octanol–water partition coefficient (Wildman–Crippen LogP) is 0.896. The number of aromatic hydroxyl groups is 1. The van der Waals surface area contributed by atoms with E-state index in [1.807, 2.05) is 19.1 Å². The fourth-order valence-corrected chi connectivity index (χ4v) is 2.05. The molecule has 1 aromatic carbocycles. The molecule has 6 N–H and O–H groups in total. The molecule has 112 valence electrons. The molecular weight excluding hydrogens is 254 g/mol. The lowest BCUT2D eigenvalue weighted by Crippen LogP contribution is -2.45. The summed E-state index contributed by atoms with van der Waals surface area (Å²) < 4.78 is 0. The summed E-state index contributed by atoms with van der Waals surface area (Å²) in [5.41, 5.74) is 12.1. The van der Waals surface area contributed by atoms with Gasteiger partial charge in [0.2, 0.25) is 5.91 Å². The molecule has 0 aliphatic carbocycles. The van der Waals surface area contributed by atoms with Crippen molar-refractivity contribution in [1.29, 1.82) is 0 Å². The maximum Gasteiger partial charge on any atom is 0.237 e. The summed E-state index contributed by atoms with van der Waals surface area (Å²) in [6.07, 6.45) is 2.97. The van der Waals surface area contributed by atoms with Gasteiger partial charge in [-0.05, 0) is 44.4 Å². The molecule has 1 unspecified atom stereocenters. The molecule has 0 saturated carbocycles. The van der Waals surface area contributed by atoms with Crippen LogP contribution < -0.4 is 16.8 Å². The number of nitrogens with two attached hydrogens (primary N) is 2. The van der Waals surface area contributed by atoms with Gasteiger partial charge in [-0.3, -0.25) is 4.79 Å². The Morgan fingerprint density at radius 2 is 2.05 bits per heavy atom. The van der Waals surface area contributed by atoms with E-state index in [2.05, 4.69) is 5.32 Å². The minimum atomic E-state index is -0.492. The van der Waals surface area contributed by atoms with E-state index in [-0.39, 0.29) is 17.7 Å². The van der Waals surface area contributed by atoms with Crippen LogP contribution in [-0.4, -0.2) is 29.6 Å². The number of carbonyl (C=O) groups is 1. The van der Waals surface area contributed by atoms with Gasteiger partial charge in [-0.25, -0.2) is 0 Å². The third-order valence-electron chi connectivity index (χ3n) is 3.21. The maximum atomic E-state index is 11.9. The maximum absolute atomic E-state index is 11.9. The number of unbranched alkanes of at least 4 members (excludes halogenated alkanes) is 1. The van der Waals surface area contributed by atoms with Crippen molar-refractivity contribution in [2.45, 2.75) is 44.7 Å². The number of benzene rings is 1. The molecule has 1 aromatic rings. The fourth-order valence-electron chi connectivity index (χ4n) is 2.05. The number of hydrogen-bond donors (Lipinski definition) is 4. The normalized spacial score (nSPS) is 13.8. The summed E-state index contributed by atoms with van der Waals surface area (Å²) in [6, 6.07) is 6.56. The number of hydrogen-bond acceptors (Lipinski definition) is 4. The van der Waals surface area contributed by atoms with Gasteiger partial charge in [0.25, 0.3) is 0 Å². The first-order chi connectivity index (χ1) is 9.54. The fraction of sp³-hybridized carbons (Fsp3) is 0.533. The Hall–Kier alpha value is -1.59. The summed E-state index contributed by atoms with van der Waals surface area (Å²) in [5.74, 6) is 0.103. The number of phenols is 1. The van der Waals surface area contributed by atoms with Crippen LogP contribution in [0.25, 0.3) is 0 Å². The van der Waals surface area contributed by atoms with Crippen LogP contribution in [0.2, 0.25) is 0 Å². The van der Waals surface area contributed by atoms with E-state index in [1.165, 1.54) is 0 Å². The zero-order valence-electron chi connectivity index (χ0n) is 12.0. The third-order valence-corrected chi connectivity index (χ3v) is 3.21. The lowest BCUT2D eigenvalue weighted by Gasteiger charge is -2.18. The quantitative estimate of drug-likeness (QED) is 0.531. The molecule has 0 bridgehead atoms. The molecule has 0 spiro atoms. The Morgan fingerprint density at radius 3 is 2.70 bits per heavy atom. The van der Waals surface area contributed by atoms with Gasteiger partial charge in [-0.1, -0.05) is 24.6 Å². The largest absolute Gasteiger partial charge is 0.508 e. The molecule has 1 amide bonds. The first kappa shape index (κ1) is 16.5. The van der Waals surface area contributed by atoms with E-state index >= 15 is 0 Å². The first-order valence-electron chi connectivity index (χ1n) is 7.07. The van der Waals surface area contributed by atoms with Crippen LogP contribution >= 0.6 is 0 Å². The van der Waals surface area contributed by atoms with E-state index in [0.717, 1.165) is 18.4 Å². The first-order valence-corrected chi connectivity index (χ1v) is 7.07. The number of amides is 1. The van der Waals surface area contributed by atoms with Crippen LogP contribution in [0.4, 0.5) is 0 Å². The van der Waals surface area contributed by atoms with Crippen LogP contribution in [0.5, 0.6) is 5.75 Å². The Balaban J connectivity index is 2.39. The number of nitrogens with one attached hydrogen (secondary N) is 1. The zero-order valence-corrected chi connectivity index (χ0v) is 12.0. The highest BCUT2D eigenvalue weighted by atomic mass is 16.3. The van der Waals surface area contributed by atoms with E-state index in [4.69, 9.17) is 11.5 Å². The van der Waals surface area contributed by atoms with E-state index in [9.17, 15) is 9.90 Å². The van der Waals surface area contributed by atoms with Crippen molar-refractivity contribution in [2.24, 2.45) is 11.5 Å². The van der Waals surface area contributed by atoms with Crippen LogP contribution in [0.3, 0.4) is 0 Å². The van der Waals surface area contributed by atoms with Crippen LogP contribution in [-0.2, 0) is 11.2 Å². The van der Waals surface area contributed by atoms with Crippen LogP contribution in [0, 0.1) is 0 Å². The molecular formula is C15H25N3O2. The number of phenolic OH excluding ortho intramolecular Hbond substituents is 1. The monoisotopic (exact) mass is 279 g/mol. The molecule has 1 rings (SSSR count).